The Hall–Kier alpha value is -2.02. The van der Waals surface area contributed by atoms with E-state index in [4.69, 9.17) is 0 Å². The summed E-state index contributed by atoms with van der Waals surface area (Å²) in [6, 6.07) is 5.97. The van der Waals surface area contributed by atoms with Crippen LogP contribution in [-0.2, 0) is 0 Å². The first-order chi connectivity index (χ1) is 9.10. The standard InChI is InChI=1S/C12H16N6S/c1-8-7-9(5-6-10(8)18(3)4)14-16-12-17-15-11(13-2)19-12/h5-7H,1-4H3,(H,13,15). The predicted molar refractivity (Wildman–Crippen MR) is 79.1 cm³/mol. The van der Waals surface area contributed by atoms with Crippen molar-refractivity contribution in [3.05, 3.63) is 23.8 Å². The molecule has 19 heavy (non-hydrogen) atoms. The lowest BCUT2D eigenvalue weighted by atomic mass is 10.1. The first kappa shape index (κ1) is 13.4. The van der Waals surface area contributed by atoms with Crippen molar-refractivity contribution in [3.63, 3.8) is 0 Å². The highest BCUT2D eigenvalue weighted by Crippen LogP contribution is 2.27. The number of aromatic nitrogens is 2. The van der Waals surface area contributed by atoms with Crippen LogP contribution in [0.4, 0.5) is 21.6 Å². The molecule has 0 atom stereocenters. The van der Waals surface area contributed by atoms with E-state index < -0.39 is 0 Å². The number of azo groups is 1. The topological polar surface area (TPSA) is 65.8 Å². The van der Waals surface area contributed by atoms with Crippen LogP contribution in [0.1, 0.15) is 5.56 Å². The van der Waals surface area contributed by atoms with Crippen LogP contribution in [-0.4, -0.2) is 31.3 Å². The van der Waals surface area contributed by atoms with Gasteiger partial charge in [0.2, 0.25) is 5.13 Å². The molecule has 0 saturated carbocycles. The molecule has 0 unspecified atom stereocenters. The Labute approximate surface area is 116 Å². The summed E-state index contributed by atoms with van der Waals surface area (Å²) < 4.78 is 0. The molecule has 7 heteroatoms. The van der Waals surface area contributed by atoms with Gasteiger partial charge in [0.15, 0.2) is 0 Å². The Morgan fingerprint density at radius 2 is 2.00 bits per heavy atom. The Bertz CT molecular complexity index is 590. The average molecular weight is 276 g/mol. The smallest absolute Gasteiger partial charge is 0.253 e. The molecule has 0 fully saturated rings. The van der Waals surface area contributed by atoms with Crippen molar-refractivity contribution >= 4 is 33.0 Å². The summed E-state index contributed by atoms with van der Waals surface area (Å²) in [6.45, 7) is 2.05. The first-order valence-corrected chi connectivity index (χ1v) is 6.63. The van der Waals surface area contributed by atoms with E-state index in [1.165, 1.54) is 17.0 Å². The molecular weight excluding hydrogens is 260 g/mol. The number of benzene rings is 1. The van der Waals surface area contributed by atoms with Crippen LogP contribution in [0.15, 0.2) is 28.4 Å². The number of anilines is 2. The van der Waals surface area contributed by atoms with Gasteiger partial charge in [0.05, 0.1) is 5.69 Å². The second-order valence-electron chi connectivity index (χ2n) is 4.21. The van der Waals surface area contributed by atoms with Gasteiger partial charge in [0.25, 0.3) is 5.13 Å². The molecule has 1 N–H and O–H groups in total. The SMILES string of the molecule is CNc1nnc(N=Nc2ccc(N(C)C)c(C)c2)s1. The van der Waals surface area contributed by atoms with E-state index >= 15 is 0 Å². The molecule has 2 aromatic rings. The molecule has 0 aliphatic heterocycles. The Morgan fingerprint density at radius 3 is 2.58 bits per heavy atom. The van der Waals surface area contributed by atoms with E-state index in [1.807, 2.05) is 32.3 Å². The number of nitrogens with one attached hydrogen (secondary N) is 1. The van der Waals surface area contributed by atoms with E-state index in [2.05, 4.69) is 37.6 Å². The molecule has 2 rings (SSSR count). The molecule has 0 radical (unpaired) electrons. The lowest BCUT2D eigenvalue weighted by molar-refractivity contribution is 1.05. The molecule has 0 amide bonds. The molecule has 1 aromatic heterocycles. The van der Waals surface area contributed by atoms with Gasteiger partial charge in [-0.1, -0.05) is 11.3 Å². The van der Waals surface area contributed by atoms with Crippen molar-refractivity contribution in [2.24, 2.45) is 10.2 Å². The van der Waals surface area contributed by atoms with Crippen LogP contribution >= 0.6 is 11.3 Å². The van der Waals surface area contributed by atoms with Gasteiger partial charge in [-0.3, -0.25) is 0 Å². The van der Waals surface area contributed by atoms with Crippen molar-refractivity contribution in [1.29, 1.82) is 0 Å². The van der Waals surface area contributed by atoms with Crippen LogP contribution in [0.5, 0.6) is 0 Å². The number of hydrogen-bond donors (Lipinski definition) is 1. The number of rotatable bonds is 4. The monoisotopic (exact) mass is 276 g/mol. The molecular formula is C12H16N6S. The second kappa shape index (κ2) is 5.75. The lowest BCUT2D eigenvalue weighted by Crippen LogP contribution is -2.09. The Balaban J connectivity index is 2.17. The summed E-state index contributed by atoms with van der Waals surface area (Å²) in [5.74, 6) is 0. The fourth-order valence-electron chi connectivity index (χ4n) is 1.66. The number of nitrogens with zero attached hydrogens (tertiary/aromatic N) is 5. The molecule has 1 aromatic carbocycles. The van der Waals surface area contributed by atoms with Crippen molar-refractivity contribution in [2.45, 2.75) is 6.92 Å². The molecule has 100 valence electrons. The van der Waals surface area contributed by atoms with E-state index in [-0.39, 0.29) is 0 Å². The van der Waals surface area contributed by atoms with Crippen LogP contribution in [0.3, 0.4) is 0 Å². The maximum absolute atomic E-state index is 4.17. The molecule has 1 heterocycles. The third kappa shape index (κ3) is 3.25. The van der Waals surface area contributed by atoms with Gasteiger partial charge in [-0.15, -0.1) is 20.4 Å². The minimum Gasteiger partial charge on any atom is -0.377 e. The second-order valence-corrected chi connectivity index (χ2v) is 5.16. The third-order valence-corrected chi connectivity index (χ3v) is 3.37. The zero-order valence-electron chi connectivity index (χ0n) is 11.4. The van der Waals surface area contributed by atoms with Crippen molar-refractivity contribution in [3.8, 4) is 0 Å². The molecule has 6 nitrogen and oxygen atoms in total. The van der Waals surface area contributed by atoms with Gasteiger partial charge >= 0.3 is 0 Å². The van der Waals surface area contributed by atoms with Crippen LogP contribution in [0.2, 0.25) is 0 Å². The average Bonchev–Trinajstić information content (AvgIpc) is 2.84. The van der Waals surface area contributed by atoms with Gasteiger partial charge in [0, 0.05) is 26.8 Å². The summed E-state index contributed by atoms with van der Waals surface area (Å²) >= 11 is 1.36. The first-order valence-electron chi connectivity index (χ1n) is 5.81. The summed E-state index contributed by atoms with van der Waals surface area (Å²) in [5, 5.41) is 20.2. The Kier molecular flexibility index (Phi) is 4.06. The highest BCUT2D eigenvalue weighted by Gasteiger charge is 2.03. The normalized spacial score (nSPS) is 10.9. The van der Waals surface area contributed by atoms with Gasteiger partial charge in [-0.2, -0.15) is 0 Å². The van der Waals surface area contributed by atoms with Crippen molar-refractivity contribution in [1.82, 2.24) is 10.2 Å². The van der Waals surface area contributed by atoms with E-state index in [0.29, 0.717) is 5.13 Å². The van der Waals surface area contributed by atoms with Gasteiger partial charge in [-0.25, -0.2) is 0 Å². The van der Waals surface area contributed by atoms with Crippen LogP contribution in [0.25, 0.3) is 0 Å². The zero-order valence-corrected chi connectivity index (χ0v) is 12.2. The highest BCUT2D eigenvalue weighted by atomic mass is 32.1. The summed E-state index contributed by atoms with van der Waals surface area (Å²) in [5.41, 5.74) is 3.14. The maximum atomic E-state index is 4.17. The van der Waals surface area contributed by atoms with E-state index in [9.17, 15) is 0 Å². The minimum atomic E-state index is 0.540. The maximum Gasteiger partial charge on any atom is 0.253 e. The molecule has 0 aliphatic carbocycles. The number of hydrogen-bond acceptors (Lipinski definition) is 7. The summed E-state index contributed by atoms with van der Waals surface area (Å²) in [4.78, 5) is 2.07. The van der Waals surface area contributed by atoms with Gasteiger partial charge in [0.1, 0.15) is 0 Å². The van der Waals surface area contributed by atoms with Crippen molar-refractivity contribution in [2.75, 3.05) is 31.4 Å². The summed E-state index contributed by atoms with van der Waals surface area (Å²) in [6.07, 6.45) is 0. The van der Waals surface area contributed by atoms with E-state index in [1.54, 1.807) is 7.05 Å². The largest absolute Gasteiger partial charge is 0.377 e. The van der Waals surface area contributed by atoms with Gasteiger partial charge in [-0.05, 0) is 30.7 Å². The number of aryl methyl sites for hydroxylation is 1. The fourth-order valence-corrected chi connectivity index (χ4v) is 2.18. The van der Waals surface area contributed by atoms with Crippen LogP contribution < -0.4 is 10.2 Å². The fraction of sp³-hybridized carbons (Fsp3) is 0.333. The third-order valence-electron chi connectivity index (χ3n) is 2.54. The quantitative estimate of drug-likeness (QED) is 0.869. The highest BCUT2D eigenvalue weighted by molar-refractivity contribution is 7.18. The Morgan fingerprint density at radius 1 is 1.21 bits per heavy atom. The van der Waals surface area contributed by atoms with E-state index in [0.717, 1.165) is 16.4 Å². The van der Waals surface area contributed by atoms with Gasteiger partial charge < -0.3 is 10.2 Å². The predicted octanol–water partition coefficient (Wildman–Crippen LogP) is 3.37. The lowest BCUT2D eigenvalue weighted by Gasteiger charge is -2.15. The van der Waals surface area contributed by atoms with Crippen LogP contribution in [0, 0.1) is 6.92 Å². The molecule has 0 saturated heterocycles. The summed E-state index contributed by atoms with van der Waals surface area (Å²) in [7, 11) is 5.83. The molecule has 0 spiro atoms. The molecule has 0 bridgehead atoms. The molecule has 0 aliphatic rings. The zero-order chi connectivity index (χ0) is 13.8. The minimum absolute atomic E-state index is 0.540. The van der Waals surface area contributed by atoms with Crippen molar-refractivity contribution < 1.29 is 0 Å².